The molecule has 1 aromatic rings. The molecule has 0 saturated heterocycles. The Bertz CT molecular complexity index is 766. The van der Waals surface area contributed by atoms with E-state index in [1.165, 1.54) is 11.1 Å². The first kappa shape index (κ1) is 17.2. The molecule has 1 spiro atoms. The van der Waals surface area contributed by atoms with E-state index in [1.807, 2.05) is 13.1 Å². The lowest BCUT2D eigenvalue weighted by Crippen LogP contribution is -2.43. The van der Waals surface area contributed by atoms with Crippen molar-refractivity contribution in [3.05, 3.63) is 33.8 Å². The Kier molecular flexibility index (Phi) is 4.23. The molecule has 1 aliphatic carbocycles. The molecule has 4 nitrogen and oxygen atoms in total. The molecular weight excluding hydrogens is 400 g/mol. The summed E-state index contributed by atoms with van der Waals surface area (Å²) < 4.78 is 13.2. The van der Waals surface area contributed by atoms with Crippen molar-refractivity contribution in [2.45, 2.75) is 37.8 Å². The third-order valence-electron chi connectivity index (χ3n) is 5.77. The van der Waals surface area contributed by atoms with Gasteiger partial charge in [-0.3, -0.25) is 0 Å². The maximum absolute atomic E-state index is 6.49. The average molecular weight is 423 g/mol. The van der Waals surface area contributed by atoms with Crippen LogP contribution in [-0.2, 0) is 12.0 Å². The van der Waals surface area contributed by atoms with Gasteiger partial charge in [-0.05, 0) is 42.6 Å². The first-order valence-electron chi connectivity index (χ1n) is 8.72. The molecule has 3 atom stereocenters. The smallest absolute Gasteiger partial charge is 0.168 e. The van der Waals surface area contributed by atoms with Crippen LogP contribution < -0.4 is 14.8 Å². The van der Waals surface area contributed by atoms with Crippen LogP contribution in [0.3, 0.4) is 0 Å². The minimum Gasteiger partial charge on any atom is -0.493 e. The van der Waals surface area contributed by atoms with Gasteiger partial charge in [0.15, 0.2) is 16.6 Å². The summed E-state index contributed by atoms with van der Waals surface area (Å²) in [6.45, 7) is 3.93. The molecule has 0 fully saturated rings. The molecule has 0 unspecified atom stereocenters. The summed E-state index contributed by atoms with van der Waals surface area (Å²) in [5, 5.41) is 3.92. The van der Waals surface area contributed by atoms with Gasteiger partial charge in [0.05, 0.1) is 12.5 Å². The second-order valence-corrected chi connectivity index (χ2v) is 8.43. The Balaban J connectivity index is 1.93. The predicted octanol–water partition coefficient (Wildman–Crippen LogP) is 3.76. The van der Waals surface area contributed by atoms with Gasteiger partial charge in [-0.1, -0.05) is 35.0 Å². The molecule has 4 rings (SSSR count). The highest BCUT2D eigenvalue weighted by Gasteiger charge is 2.53. The van der Waals surface area contributed by atoms with Crippen LogP contribution in [0, 0.1) is 5.92 Å². The highest BCUT2D eigenvalue weighted by molar-refractivity contribution is 9.10. The van der Waals surface area contributed by atoms with Crippen LogP contribution in [0.2, 0.25) is 0 Å². The first-order valence-corrected chi connectivity index (χ1v) is 9.92. The van der Waals surface area contributed by atoms with Crippen LogP contribution in [0.25, 0.3) is 0 Å². The van der Waals surface area contributed by atoms with E-state index in [0.29, 0.717) is 5.92 Å². The van der Waals surface area contributed by atoms with E-state index < -0.39 is 0 Å². The first-order chi connectivity index (χ1) is 12.0. The van der Waals surface area contributed by atoms with Gasteiger partial charge >= 0.3 is 0 Å². The molecule has 0 saturated carbocycles. The Morgan fingerprint density at radius 2 is 2.32 bits per heavy atom. The van der Waals surface area contributed by atoms with Crippen molar-refractivity contribution in [2.24, 2.45) is 5.92 Å². The molecule has 0 aromatic heterocycles. The molecule has 3 aliphatic rings. The van der Waals surface area contributed by atoms with E-state index in [2.05, 4.69) is 45.2 Å². The standard InChI is InChI=1S/C19H23BrN2O2S/c1-11-4-5-19-6-7-22(18(25)21-2)10-12-13(20)9-14(23-3)17(16(12)19)24-15(19)8-11/h4-5,9,11,15H,6-8,10H2,1-3H3,(H,21,25)/t11-,15+,19+/m0/s1. The molecular formula is C19H23BrN2O2S. The van der Waals surface area contributed by atoms with Crippen LogP contribution in [0.5, 0.6) is 11.5 Å². The Morgan fingerprint density at radius 1 is 1.52 bits per heavy atom. The molecule has 2 heterocycles. The van der Waals surface area contributed by atoms with E-state index in [0.717, 1.165) is 47.0 Å². The number of nitrogens with one attached hydrogen (secondary N) is 1. The summed E-state index contributed by atoms with van der Waals surface area (Å²) in [7, 11) is 3.60. The number of hydrogen-bond acceptors (Lipinski definition) is 3. The fourth-order valence-electron chi connectivity index (χ4n) is 4.46. The van der Waals surface area contributed by atoms with Crippen LogP contribution in [0.15, 0.2) is 22.7 Å². The zero-order chi connectivity index (χ0) is 17.8. The highest BCUT2D eigenvalue weighted by atomic mass is 79.9. The minimum absolute atomic E-state index is 0.0909. The number of methoxy groups -OCH3 is 1. The third kappa shape index (κ3) is 2.48. The molecule has 0 radical (unpaired) electrons. The lowest BCUT2D eigenvalue weighted by molar-refractivity contribution is 0.129. The van der Waals surface area contributed by atoms with Crippen molar-refractivity contribution >= 4 is 33.3 Å². The summed E-state index contributed by atoms with van der Waals surface area (Å²) in [6.07, 6.45) is 6.91. The number of thiocarbonyl (C=S) groups is 1. The van der Waals surface area contributed by atoms with Gasteiger partial charge in [0.2, 0.25) is 0 Å². The predicted molar refractivity (Wildman–Crippen MR) is 106 cm³/mol. The van der Waals surface area contributed by atoms with Crippen LogP contribution in [0.4, 0.5) is 0 Å². The topological polar surface area (TPSA) is 33.7 Å². The number of ether oxygens (including phenoxy) is 2. The van der Waals surface area contributed by atoms with E-state index in [1.54, 1.807) is 7.11 Å². The molecule has 1 aromatic carbocycles. The molecule has 25 heavy (non-hydrogen) atoms. The number of hydrogen-bond donors (Lipinski definition) is 1. The van der Waals surface area contributed by atoms with E-state index in [4.69, 9.17) is 21.7 Å². The van der Waals surface area contributed by atoms with E-state index in [-0.39, 0.29) is 11.5 Å². The quantitative estimate of drug-likeness (QED) is 0.550. The zero-order valence-electron chi connectivity index (χ0n) is 14.8. The van der Waals surface area contributed by atoms with Crippen LogP contribution in [-0.4, -0.2) is 36.8 Å². The number of nitrogens with zero attached hydrogens (tertiary/aromatic N) is 1. The molecule has 1 N–H and O–H groups in total. The van der Waals surface area contributed by atoms with Crippen molar-refractivity contribution in [2.75, 3.05) is 20.7 Å². The SMILES string of the molecule is CNC(=S)N1CC[C@]23C=C[C@H](C)C[C@H]2Oc2c(OC)cc(Br)c(c23)C1. The lowest BCUT2D eigenvalue weighted by Gasteiger charge is -2.36. The van der Waals surface area contributed by atoms with Crippen molar-refractivity contribution in [3.8, 4) is 11.5 Å². The summed E-state index contributed by atoms with van der Waals surface area (Å²) in [5.74, 6) is 2.26. The highest BCUT2D eigenvalue weighted by Crippen LogP contribution is 2.57. The minimum atomic E-state index is -0.0909. The van der Waals surface area contributed by atoms with Gasteiger partial charge < -0.3 is 19.7 Å². The zero-order valence-corrected chi connectivity index (χ0v) is 17.2. The van der Waals surface area contributed by atoms with Gasteiger partial charge in [0.25, 0.3) is 0 Å². The number of rotatable bonds is 1. The second kappa shape index (κ2) is 6.16. The fraction of sp³-hybridized carbons (Fsp3) is 0.526. The van der Waals surface area contributed by atoms with Crippen LogP contribution >= 0.6 is 28.1 Å². The fourth-order valence-corrected chi connectivity index (χ4v) is 5.15. The maximum Gasteiger partial charge on any atom is 0.168 e. The number of allylic oxidation sites excluding steroid dienone is 1. The van der Waals surface area contributed by atoms with Gasteiger partial charge in [-0.25, -0.2) is 0 Å². The summed E-state index contributed by atoms with van der Waals surface area (Å²) in [6, 6.07) is 2.03. The Hall–Kier alpha value is -1.27. The molecule has 2 aliphatic heterocycles. The van der Waals surface area contributed by atoms with Gasteiger partial charge in [-0.2, -0.15) is 0 Å². The summed E-state index contributed by atoms with van der Waals surface area (Å²) >= 11 is 9.31. The van der Waals surface area contributed by atoms with Gasteiger partial charge in [0, 0.05) is 30.2 Å². The summed E-state index contributed by atoms with van der Waals surface area (Å²) in [4.78, 5) is 2.25. The third-order valence-corrected chi connectivity index (χ3v) is 6.94. The second-order valence-electron chi connectivity index (χ2n) is 7.19. The number of halogens is 1. The molecule has 134 valence electrons. The van der Waals surface area contributed by atoms with Crippen molar-refractivity contribution in [3.63, 3.8) is 0 Å². The van der Waals surface area contributed by atoms with Crippen molar-refractivity contribution < 1.29 is 9.47 Å². The molecule has 0 bridgehead atoms. The Labute approximate surface area is 162 Å². The van der Waals surface area contributed by atoms with Gasteiger partial charge in [-0.15, -0.1) is 0 Å². The van der Waals surface area contributed by atoms with Gasteiger partial charge in [0.1, 0.15) is 6.10 Å². The lowest BCUT2D eigenvalue weighted by atomic mass is 9.68. The maximum atomic E-state index is 6.49. The Morgan fingerprint density at radius 3 is 3.04 bits per heavy atom. The molecule has 0 amide bonds. The van der Waals surface area contributed by atoms with Crippen molar-refractivity contribution in [1.82, 2.24) is 10.2 Å². The van der Waals surface area contributed by atoms with Crippen molar-refractivity contribution in [1.29, 1.82) is 0 Å². The summed E-state index contributed by atoms with van der Waals surface area (Å²) in [5.41, 5.74) is 2.45. The largest absolute Gasteiger partial charge is 0.493 e. The van der Waals surface area contributed by atoms with E-state index in [9.17, 15) is 0 Å². The molecule has 6 heteroatoms. The number of benzene rings is 1. The monoisotopic (exact) mass is 422 g/mol. The van der Waals surface area contributed by atoms with E-state index >= 15 is 0 Å². The normalized spacial score (nSPS) is 29.4. The van der Waals surface area contributed by atoms with Crippen LogP contribution in [0.1, 0.15) is 30.9 Å². The average Bonchev–Trinajstić information content (AvgIpc) is 2.82.